The second-order valence-corrected chi connectivity index (χ2v) is 9.65. The lowest BCUT2D eigenvalue weighted by atomic mass is 10.2. The first-order chi connectivity index (χ1) is 16.3. The summed E-state index contributed by atoms with van der Waals surface area (Å²) in [5, 5.41) is 2.81. The zero-order valence-corrected chi connectivity index (χ0v) is 20.5. The van der Waals surface area contributed by atoms with Gasteiger partial charge >= 0.3 is 0 Å². The fourth-order valence-electron chi connectivity index (χ4n) is 3.52. The van der Waals surface area contributed by atoms with Crippen molar-refractivity contribution in [1.82, 2.24) is 9.62 Å². The Bertz CT molecular complexity index is 1210. The molecule has 3 aromatic rings. The predicted octanol–water partition coefficient (Wildman–Crippen LogP) is 3.91. The minimum absolute atomic E-state index is 0.0670. The molecule has 3 rings (SSSR count). The Hall–Kier alpha value is -3.36. The maximum atomic E-state index is 13.6. The third-order valence-electron chi connectivity index (χ3n) is 5.27. The van der Waals surface area contributed by atoms with Crippen LogP contribution in [0.25, 0.3) is 0 Å². The van der Waals surface area contributed by atoms with Gasteiger partial charge in [0.1, 0.15) is 11.5 Å². The highest BCUT2D eigenvalue weighted by Crippen LogP contribution is 2.25. The first-order valence-electron chi connectivity index (χ1n) is 11.0. The maximum Gasteiger partial charge on any atom is 0.243 e. The van der Waals surface area contributed by atoms with Crippen LogP contribution in [0, 0.1) is 6.92 Å². The maximum absolute atomic E-state index is 13.6. The Morgan fingerprint density at radius 1 is 0.971 bits per heavy atom. The predicted molar refractivity (Wildman–Crippen MR) is 131 cm³/mol. The largest absolute Gasteiger partial charge is 0.496 e. The second kappa shape index (κ2) is 11.7. The molecule has 7 nitrogen and oxygen atoms in total. The van der Waals surface area contributed by atoms with E-state index in [0.29, 0.717) is 23.7 Å². The van der Waals surface area contributed by atoms with Crippen molar-refractivity contribution in [1.29, 1.82) is 0 Å². The molecule has 0 aliphatic carbocycles. The van der Waals surface area contributed by atoms with E-state index in [1.807, 2.05) is 61.5 Å². The Morgan fingerprint density at radius 2 is 1.68 bits per heavy atom. The first-order valence-corrected chi connectivity index (χ1v) is 12.4. The molecule has 0 saturated heterocycles. The standard InChI is InChI=1S/C26H30N2O5S/c1-4-33-24-15-14-23(16-20(24)2)34(30,31)28(18-21-10-6-5-7-11-21)19-26(29)27-17-22-12-8-9-13-25(22)32-3/h5-16H,4,17-19H2,1-3H3,(H,27,29). The minimum atomic E-state index is -3.95. The van der Waals surface area contributed by atoms with Crippen molar-refractivity contribution in [3.05, 3.63) is 89.5 Å². The lowest BCUT2D eigenvalue weighted by Crippen LogP contribution is -2.40. The summed E-state index contributed by atoms with van der Waals surface area (Å²) in [4.78, 5) is 12.9. The van der Waals surface area contributed by atoms with Gasteiger partial charge in [-0.25, -0.2) is 8.42 Å². The fourth-order valence-corrected chi connectivity index (χ4v) is 4.99. The molecule has 34 heavy (non-hydrogen) atoms. The molecule has 1 N–H and O–H groups in total. The molecule has 3 aromatic carbocycles. The molecule has 0 aromatic heterocycles. The van der Waals surface area contributed by atoms with Gasteiger partial charge in [0.2, 0.25) is 15.9 Å². The average Bonchev–Trinajstić information content (AvgIpc) is 2.84. The van der Waals surface area contributed by atoms with Crippen molar-refractivity contribution >= 4 is 15.9 Å². The van der Waals surface area contributed by atoms with Crippen molar-refractivity contribution in [2.24, 2.45) is 0 Å². The van der Waals surface area contributed by atoms with Crippen LogP contribution >= 0.6 is 0 Å². The van der Waals surface area contributed by atoms with Gasteiger partial charge < -0.3 is 14.8 Å². The fraction of sp³-hybridized carbons (Fsp3) is 0.269. The average molecular weight is 483 g/mol. The number of para-hydroxylation sites is 1. The summed E-state index contributed by atoms with van der Waals surface area (Å²) < 4.78 is 39.2. The third-order valence-corrected chi connectivity index (χ3v) is 7.06. The molecular formula is C26H30N2O5S. The number of aryl methyl sites for hydroxylation is 1. The van der Waals surface area contributed by atoms with E-state index in [1.165, 1.54) is 10.4 Å². The number of nitrogens with zero attached hydrogens (tertiary/aromatic N) is 1. The third kappa shape index (κ3) is 6.36. The highest BCUT2D eigenvalue weighted by atomic mass is 32.2. The molecule has 0 aliphatic heterocycles. The SMILES string of the molecule is CCOc1ccc(S(=O)(=O)N(CC(=O)NCc2ccccc2OC)Cc2ccccc2)cc1C. The number of ether oxygens (including phenoxy) is 2. The molecule has 1 amide bonds. The monoisotopic (exact) mass is 482 g/mol. The molecule has 0 fully saturated rings. The van der Waals surface area contributed by atoms with Gasteiger partial charge in [-0.1, -0.05) is 48.5 Å². The summed E-state index contributed by atoms with van der Waals surface area (Å²) in [6, 6.07) is 21.3. The number of carbonyl (C=O) groups excluding carboxylic acids is 1. The summed E-state index contributed by atoms with van der Waals surface area (Å²) in [6.07, 6.45) is 0. The van der Waals surface area contributed by atoms with Crippen LogP contribution in [0.1, 0.15) is 23.6 Å². The molecule has 8 heteroatoms. The zero-order valence-electron chi connectivity index (χ0n) is 19.7. The molecule has 0 aliphatic rings. The Labute approximate surface area is 201 Å². The van der Waals surface area contributed by atoms with Crippen molar-refractivity contribution in [2.75, 3.05) is 20.3 Å². The quantitative estimate of drug-likeness (QED) is 0.448. The van der Waals surface area contributed by atoms with Gasteiger partial charge in [0.15, 0.2) is 0 Å². The van der Waals surface area contributed by atoms with Crippen LogP contribution in [-0.2, 0) is 27.9 Å². The molecule has 0 heterocycles. The molecule has 180 valence electrons. The number of nitrogens with one attached hydrogen (secondary N) is 1. The molecule has 0 saturated carbocycles. The van der Waals surface area contributed by atoms with E-state index < -0.39 is 15.9 Å². The Kier molecular flexibility index (Phi) is 8.67. The number of benzene rings is 3. The number of carbonyl (C=O) groups is 1. The number of amides is 1. The second-order valence-electron chi connectivity index (χ2n) is 7.71. The summed E-state index contributed by atoms with van der Waals surface area (Å²) in [5.74, 6) is 0.875. The van der Waals surface area contributed by atoms with Crippen LogP contribution in [-0.4, -0.2) is 38.9 Å². The van der Waals surface area contributed by atoms with Gasteiger partial charge in [-0.05, 0) is 49.2 Å². The molecule has 0 unspecified atom stereocenters. The van der Waals surface area contributed by atoms with Gasteiger partial charge in [0.05, 0.1) is 25.2 Å². The number of sulfonamides is 1. The molecule has 0 radical (unpaired) electrons. The van der Waals surface area contributed by atoms with Crippen molar-refractivity contribution in [3.8, 4) is 11.5 Å². The lowest BCUT2D eigenvalue weighted by molar-refractivity contribution is -0.121. The minimum Gasteiger partial charge on any atom is -0.496 e. The normalized spacial score (nSPS) is 11.3. The van der Waals surface area contributed by atoms with Crippen LogP contribution in [0.15, 0.2) is 77.7 Å². The molecule has 0 spiro atoms. The van der Waals surface area contributed by atoms with E-state index >= 15 is 0 Å². The zero-order chi connectivity index (χ0) is 24.6. The van der Waals surface area contributed by atoms with Gasteiger partial charge in [-0.3, -0.25) is 4.79 Å². The molecular weight excluding hydrogens is 452 g/mol. The van der Waals surface area contributed by atoms with Crippen LogP contribution in [0.4, 0.5) is 0 Å². The highest BCUT2D eigenvalue weighted by molar-refractivity contribution is 7.89. The highest BCUT2D eigenvalue weighted by Gasteiger charge is 2.27. The van der Waals surface area contributed by atoms with Crippen LogP contribution in [0.5, 0.6) is 11.5 Å². The van der Waals surface area contributed by atoms with Crippen molar-refractivity contribution < 1.29 is 22.7 Å². The van der Waals surface area contributed by atoms with Crippen LogP contribution in [0.2, 0.25) is 0 Å². The van der Waals surface area contributed by atoms with E-state index in [4.69, 9.17) is 9.47 Å². The van der Waals surface area contributed by atoms with E-state index in [2.05, 4.69) is 5.32 Å². The summed E-state index contributed by atoms with van der Waals surface area (Å²) >= 11 is 0. The number of rotatable bonds is 11. The van der Waals surface area contributed by atoms with Crippen LogP contribution in [0.3, 0.4) is 0 Å². The van der Waals surface area contributed by atoms with E-state index in [9.17, 15) is 13.2 Å². The molecule has 0 atom stereocenters. The summed E-state index contributed by atoms with van der Waals surface area (Å²) in [6.45, 7) is 4.13. The van der Waals surface area contributed by atoms with Gasteiger partial charge in [0.25, 0.3) is 0 Å². The van der Waals surface area contributed by atoms with Gasteiger partial charge in [-0.15, -0.1) is 0 Å². The number of hydrogen-bond donors (Lipinski definition) is 1. The van der Waals surface area contributed by atoms with Gasteiger partial charge in [0, 0.05) is 18.7 Å². The Balaban J connectivity index is 1.83. The smallest absolute Gasteiger partial charge is 0.243 e. The van der Waals surface area contributed by atoms with E-state index in [1.54, 1.807) is 26.2 Å². The van der Waals surface area contributed by atoms with Crippen molar-refractivity contribution in [2.45, 2.75) is 31.8 Å². The Morgan fingerprint density at radius 3 is 2.35 bits per heavy atom. The molecule has 0 bridgehead atoms. The van der Waals surface area contributed by atoms with E-state index in [-0.39, 0.29) is 24.5 Å². The van der Waals surface area contributed by atoms with Gasteiger partial charge in [-0.2, -0.15) is 4.31 Å². The summed E-state index contributed by atoms with van der Waals surface area (Å²) in [7, 11) is -2.39. The van der Waals surface area contributed by atoms with Crippen molar-refractivity contribution in [3.63, 3.8) is 0 Å². The lowest BCUT2D eigenvalue weighted by Gasteiger charge is -2.23. The topological polar surface area (TPSA) is 84.9 Å². The van der Waals surface area contributed by atoms with E-state index in [0.717, 1.165) is 11.1 Å². The first kappa shape index (κ1) is 25.3. The summed E-state index contributed by atoms with van der Waals surface area (Å²) in [5.41, 5.74) is 2.30. The number of methoxy groups -OCH3 is 1. The number of hydrogen-bond acceptors (Lipinski definition) is 5. The van der Waals surface area contributed by atoms with Crippen LogP contribution < -0.4 is 14.8 Å².